The first-order valence-electron chi connectivity index (χ1n) is 7.27. The van der Waals surface area contributed by atoms with E-state index in [1.807, 2.05) is 0 Å². The van der Waals surface area contributed by atoms with E-state index in [-0.39, 0.29) is 13.1 Å². The quantitative estimate of drug-likeness (QED) is 0.596. The van der Waals surface area contributed by atoms with Crippen LogP contribution in [0, 0.1) is 0 Å². The molecule has 0 unspecified atom stereocenters. The van der Waals surface area contributed by atoms with E-state index >= 15 is 0 Å². The highest BCUT2D eigenvalue weighted by atomic mass is 16.3. The Morgan fingerprint density at radius 2 is 1.17 bits per heavy atom. The van der Waals surface area contributed by atoms with Crippen molar-refractivity contribution < 1.29 is 24.3 Å². The lowest BCUT2D eigenvalue weighted by atomic mass is 10.0. The second-order valence-corrected chi connectivity index (χ2v) is 7.39. The van der Waals surface area contributed by atoms with Gasteiger partial charge < -0.3 is 15.7 Å². The molecule has 0 atom stereocenters. The molecule has 9 heteroatoms. The number of rotatable bonds is 4. The number of carbonyl (C=O) groups is 4. The molecule has 6 amide bonds. The van der Waals surface area contributed by atoms with Crippen molar-refractivity contribution in [3.05, 3.63) is 0 Å². The Labute approximate surface area is 134 Å². The summed E-state index contributed by atoms with van der Waals surface area (Å²) >= 11 is 0. The molecule has 2 aliphatic rings. The molecule has 0 aromatic carbocycles. The summed E-state index contributed by atoms with van der Waals surface area (Å²) in [5.41, 5.74) is -3.72. The number of imide groups is 2. The highest BCUT2D eigenvalue weighted by Gasteiger charge is 2.49. The SMILES string of the molecule is CC(O)(CN1C(=O)NC(C)(C)C1=O)CN1C(=O)NC(C)(C)C1=O. The Bertz CT molecular complexity index is 546. The monoisotopic (exact) mass is 326 g/mol. The summed E-state index contributed by atoms with van der Waals surface area (Å²) in [7, 11) is 0. The number of hydrogen-bond donors (Lipinski definition) is 3. The summed E-state index contributed by atoms with van der Waals surface area (Å²) in [4.78, 5) is 49.8. The maximum absolute atomic E-state index is 12.2. The molecule has 128 valence electrons. The Hall–Kier alpha value is -2.16. The van der Waals surface area contributed by atoms with E-state index in [2.05, 4.69) is 10.6 Å². The van der Waals surface area contributed by atoms with E-state index in [0.717, 1.165) is 9.80 Å². The molecule has 2 aliphatic heterocycles. The van der Waals surface area contributed by atoms with Crippen molar-refractivity contribution in [3.8, 4) is 0 Å². The molecule has 0 bridgehead atoms. The van der Waals surface area contributed by atoms with Gasteiger partial charge in [0.2, 0.25) is 0 Å². The van der Waals surface area contributed by atoms with Crippen molar-refractivity contribution in [2.24, 2.45) is 0 Å². The van der Waals surface area contributed by atoms with E-state index in [0.29, 0.717) is 0 Å². The van der Waals surface area contributed by atoms with Crippen LogP contribution in [0.1, 0.15) is 34.6 Å². The molecule has 0 aliphatic carbocycles. The Kier molecular flexibility index (Phi) is 3.68. The van der Waals surface area contributed by atoms with Gasteiger partial charge in [0.25, 0.3) is 11.8 Å². The summed E-state index contributed by atoms with van der Waals surface area (Å²) in [6.45, 7) is 6.95. The van der Waals surface area contributed by atoms with Gasteiger partial charge in [-0.1, -0.05) is 0 Å². The molecular weight excluding hydrogens is 304 g/mol. The molecule has 2 fully saturated rings. The van der Waals surface area contributed by atoms with Crippen molar-refractivity contribution >= 4 is 23.9 Å². The van der Waals surface area contributed by atoms with Crippen LogP contribution in [0.25, 0.3) is 0 Å². The Balaban J connectivity index is 2.12. The van der Waals surface area contributed by atoms with Crippen molar-refractivity contribution in [2.45, 2.75) is 51.3 Å². The molecule has 0 aromatic heterocycles. The fourth-order valence-electron chi connectivity index (χ4n) is 2.65. The standard InChI is InChI=1S/C14H22N4O5/c1-12(2)8(19)17(10(21)15-12)6-14(5,23)7-18-9(20)13(3,4)16-11(18)22/h23H,6-7H2,1-5H3,(H,15,21)(H,16,22). The van der Waals surface area contributed by atoms with Gasteiger partial charge in [0.1, 0.15) is 11.1 Å². The fraction of sp³-hybridized carbons (Fsp3) is 0.714. The Morgan fingerprint density at radius 1 is 0.870 bits per heavy atom. The lowest BCUT2D eigenvalue weighted by Gasteiger charge is -2.30. The van der Waals surface area contributed by atoms with Gasteiger partial charge >= 0.3 is 12.1 Å². The zero-order valence-corrected chi connectivity index (χ0v) is 13.9. The number of aliphatic hydroxyl groups is 1. The number of β-amino-alcohol motifs (C(OH)–C–C–N with tert-alkyl or cyclic N) is 1. The minimum Gasteiger partial charge on any atom is -0.386 e. The van der Waals surface area contributed by atoms with Crippen LogP contribution in [0.5, 0.6) is 0 Å². The van der Waals surface area contributed by atoms with Crippen molar-refractivity contribution in [1.82, 2.24) is 20.4 Å². The predicted molar refractivity (Wildman–Crippen MR) is 79.3 cm³/mol. The van der Waals surface area contributed by atoms with Crippen molar-refractivity contribution in [3.63, 3.8) is 0 Å². The van der Waals surface area contributed by atoms with Gasteiger partial charge in [0.05, 0.1) is 18.7 Å². The summed E-state index contributed by atoms with van der Waals surface area (Å²) in [6, 6.07) is -1.23. The van der Waals surface area contributed by atoms with E-state index in [1.165, 1.54) is 6.92 Å². The first-order valence-corrected chi connectivity index (χ1v) is 7.27. The van der Waals surface area contributed by atoms with Gasteiger partial charge in [-0.2, -0.15) is 0 Å². The molecular formula is C14H22N4O5. The number of urea groups is 2. The van der Waals surface area contributed by atoms with Crippen LogP contribution in [-0.4, -0.2) is 68.6 Å². The van der Waals surface area contributed by atoms with Crippen LogP contribution < -0.4 is 10.6 Å². The summed E-state index contributed by atoms with van der Waals surface area (Å²) in [5.74, 6) is -0.944. The number of nitrogens with zero attached hydrogens (tertiary/aromatic N) is 2. The van der Waals surface area contributed by atoms with E-state index < -0.39 is 40.6 Å². The number of nitrogens with one attached hydrogen (secondary N) is 2. The second-order valence-electron chi connectivity index (χ2n) is 7.39. The smallest absolute Gasteiger partial charge is 0.325 e. The van der Waals surface area contributed by atoms with Gasteiger partial charge in [0.15, 0.2) is 0 Å². The largest absolute Gasteiger partial charge is 0.386 e. The number of carbonyl (C=O) groups excluding carboxylic acids is 4. The average Bonchev–Trinajstić information content (AvgIpc) is 2.67. The lowest BCUT2D eigenvalue weighted by Crippen LogP contribution is -2.52. The molecule has 2 heterocycles. The topological polar surface area (TPSA) is 119 Å². The van der Waals surface area contributed by atoms with E-state index in [1.54, 1.807) is 27.7 Å². The van der Waals surface area contributed by atoms with Crippen LogP contribution in [0.2, 0.25) is 0 Å². The van der Waals surface area contributed by atoms with Crippen LogP contribution >= 0.6 is 0 Å². The van der Waals surface area contributed by atoms with E-state index in [9.17, 15) is 24.3 Å². The molecule has 23 heavy (non-hydrogen) atoms. The third-order valence-corrected chi connectivity index (χ3v) is 3.89. The average molecular weight is 326 g/mol. The van der Waals surface area contributed by atoms with Crippen LogP contribution in [0.4, 0.5) is 9.59 Å². The maximum atomic E-state index is 12.2. The lowest BCUT2D eigenvalue weighted by molar-refractivity contribution is -0.135. The summed E-state index contributed by atoms with van der Waals surface area (Å²) in [6.07, 6.45) is 0. The van der Waals surface area contributed by atoms with Gasteiger partial charge in [-0.15, -0.1) is 0 Å². The number of amides is 6. The third-order valence-electron chi connectivity index (χ3n) is 3.89. The molecule has 0 radical (unpaired) electrons. The first kappa shape index (κ1) is 17.2. The Morgan fingerprint density at radius 3 is 1.39 bits per heavy atom. The molecule has 2 saturated heterocycles. The zero-order chi connectivity index (χ0) is 17.8. The van der Waals surface area contributed by atoms with Gasteiger partial charge in [-0.3, -0.25) is 19.4 Å². The first-order chi connectivity index (χ1) is 10.3. The minimum absolute atomic E-state index is 0.321. The fourth-order valence-corrected chi connectivity index (χ4v) is 2.65. The molecule has 0 aromatic rings. The van der Waals surface area contributed by atoms with Crippen molar-refractivity contribution in [2.75, 3.05) is 13.1 Å². The van der Waals surface area contributed by atoms with E-state index in [4.69, 9.17) is 0 Å². The highest BCUT2D eigenvalue weighted by Crippen LogP contribution is 2.23. The molecule has 3 N–H and O–H groups in total. The van der Waals surface area contributed by atoms with Crippen molar-refractivity contribution in [1.29, 1.82) is 0 Å². The van der Waals surface area contributed by atoms with Gasteiger partial charge in [-0.25, -0.2) is 9.59 Å². The van der Waals surface area contributed by atoms with Gasteiger partial charge in [0, 0.05) is 0 Å². The number of hydrogen-bond acceptors (Lipinski definition) is 5. The third kappa shape index (κ3) is 3.00. The van der Waals surface area contributed by atoms with Crippen LogP contribution in [0.15, 0.2) is 0 Å². The van der Waals surface area contributed by atoms with Crippen LogP contribution in [0.3, 0.4) is 0 Å². The minimum atomic E-state index is -1.62. The predicted octanol–water partition coefficient (Wildman–Crippen LogP) is -0.602. The normalized spacial score (nSPS) is 23.4. The molecule has 9 nitrogen and oxygen atoms in total. The van der Waals surface area contributed by atoms with Gasteiger partial charge in [-0.05, 0) is 34.6 Å². The summed E-state index contributed by atoms with van der Waals surface area (Å²) < 4.78 is 0. The second kappa shape index (κ2) is 4.92. The highest BCUT2D eigenvalue weighted by molar-refractivity contribution is 6.07. The molecule has 0 spiro atoms. The maximum Gasteiger partial charge on any atom is 0.325 e. The van der Waals surface area contributed by atoms with Crippen LogP contribution in [-0.2, 0) is 9.59 Å². The summed E-state index contributed by atoms with van der Waals surface area (Å²) in [5, 5.41) is 15.5. The molecule has 2 rings (SSSR count). The molecule has 0 saturated carbocycles. The zero-order valence-electron chi connectivity index (χ0n) is 13.9.